The predicted octanol–water partition coefficient (Wildman–Crippen LogP) is 1.64. The van der Waals surface area contributed by atoms with Gasteiger partial charge < -0.3 is 20.6 Å². The summed E-state index contributed by atoms with van der Waals surface area (Å²) in [6, 6.07) is 10.7. The molecule has 0 aromatic heterocycles. The molecule has 23 heavy (non-hydrogen) atoms. The molecule has 6 heteroatoms. The highest BCUT2D eigenvalue weighted by Crippen LogP contribution is 2.14. The summed E-state index contributed by atoms with van der Waals surface area (Å²) >= 11 is 0. The molecule has 2 rings (SSSR count). The second kappa shape index (κ2) is 10.8. The zero-order valence-electron chi connectivity index (χ0n) is 14.0. The third kappa shape index (κ3) is 6.27. The smallest absolute Gasteiger partial charge is 0.191 e. The molecule has 3 N–H and O–H groups in total. The summed E-state index contributed by atoms with van der Waals surface area (Å²) in [5, 5.41) is 16.3. The monoisotopic (exact) mass is 432 g/mol. The Morgan fingerprint density at radius 2 is 2.09 bits per heavy atom. The summed E-state index contributed by atoms with van der Waals surface area (Å²) in [6.07, 6.45) is 2.51. The second-order valence-electron chi connectivity index (χ2n) is 5.90. The Balaban J connectivity index is 0.00000264. The molecule has 1 aromatic rings. The van der Waals surface area contributed by atoms with Gasteiger partial charge in [-0.1, -0.05) is 30.3 Å². The van der Waals surface area contributed by atoms with Gasteiger partial charge in [0.25, 0.3) is 0 Å². The fraction of sp³-hybridized carbons (Fsp3) is 0.588. The lowest BCUT2D eigenvalue weighted by molar-refractivity contribution is 0.265. The molecule has 0 bridgehead atoms. The van der Waals surface area contributed by atoms with Crippen molar-refractivity contribution in [2.24, 2.45) is 4.99 Å². The Morgan fingerprint density at radius 3 is 2.65 bits per heavy atom. The molecule has 0 radical (unpaired) electrons. The number of guanidine groups is 1. The van der Waals surface area contributed by atoms with Gasteiger partial charge in [0.1, 0.15) is 0 Å². The van der Waals surface area contributed by atoms with Gasteiger partial charge in [-0.15, -0.1) is 24.0 Å². The van der Waals surface area contributed by atoms with Gasteiger partial charge in [0.15, 0.2) is 5.96 Å². The molecule has 1 aromatic carbocycles. The number of hydrogen-bond donors (Lipinski definition) is 3. The Kier molecular flexibility index (Phi) is 9.50. The number of nitrogens with zero attached hydrogens (tertiary/aromatic N) is 2. The molecule has 1 fully saturated rings. The van der Waals surface area contributed by atoms with Gasteiger partial charge in [-0.25, -0.2) is 0 Å². The average Bonchev–Trinajstić information content (AvgIpc) is 2.97. The van der Waals surface area contributed by atoms with Crippen LogP contribution >= 0.6 is 24.0 Å². The van der Waals surface area contributed by atoms with E-state index < -0.39 is 0 Å². The SMILES string of the molecule is CN=C(NCC(CO)c1ccccc1)NCC1CCCN1C.I. The number of likely N-dealkylation sites (N-methyl/N-ethyl adjacent to an activating group) is 1. The molecule has 2 unspecified atom stereocenters. The topological polar surface area (TPSA) is 59.9 Å². The van der Waals surface area contributed by atoms with Gasteiger partial charge in [-0.3, -0.25) is 4.99 Å². The maximum atomic E-state index is 9.60. The lowest BCUT2D eigenvalue weighted by atomic mass is 10.0. The zero-order chi connectivity index (χ0) is 15.8. The number of aliphatic imine (C=N–C) groups is 1. The van der Waals surface area contributed by atoms with Crippen LogP contribution in [0.2, 0.25) is 0 Å². The van der Waals surface area contributed by atoms with Crippen LogP contribution in [0.25, 0.3) is 0 Å². The predicted molar refractivity (Wildman–Crippen MR) is 107 cm³/mol. The highest BCUT2D eigenvalue weighted by molar-refractivity contribution is 14.0. The number of nitrogens with one attached hydrogen (secondary N) is 2. The van der Waals surface area contributed by atoms with Crippen LogP contribution in [0.5, 0.6) is 0 Å². The maximum Gasteiger partial charge on any atom is 0.191 e. The standard InChI is InChI=1S/C17H28N4O.HI/c1-18-17(20-12-16-9-6-10-21(16)2)19-11-15(13-22)14-7-4-3-5-8-14;/h3-5,7-8,15-16,22H,6,9-13H2,1-2H3,(H2,18,19,20);1H. The third-order valence-corrected chi connectivity index (χ3v) is 4.41. The van der Waals surface area contributed by atoms with Crippen molar-refractivity contribution in [3.8, 4) is 0 Å². The van der Waals surface area contributed by atoms with Crippen LogP contribution in [0.3, 0.4) is 0 Å². The van der Waals surface area contributed by atoms with E-state index in [9.17, 15) is 5.11 Å². The molecular weight excluding hydrogens is 403 g/mol. The van der Waals surface area contributed by atoms with Gasteiger partial charge in [-0.2, -0.15) is 0 Å². The number of rotatable bonds is 6. The van der Waals surface area contributed by atoms with Gasteiger partial charge in [0.05, 0.1) is 6.61 Å². The second-order valence-corrected chi connectivity index (χ2v) is 5.90. The third-order valence-electron chi connectivity index (χ3n) is 4.41. The number of aliphatic hydroxyl groups is 1. The van der Waals surface area contributed by atoms with Crippen molar-refractivity contribution < 1.29 is 5.11 Å². The largest absolute Gasteiger partial charge is 0.396 e. The normalized spacial score (nSPS) is 20.0. The highest BCUT2D eigenvalue weighted by Gasteiger charge is 2.20. The highest BCUT2D eigenvalue weighted by atomic mass is 127. The molecule has 5 nitrogen and oxygen atoms in total. The number of halogens is 1. The van der Waals surface area contributed by atoms with Crippen LogP contribution in [-0.2, 0) is 0 Å². The Bertz CT molecular complexity index is 469. The molecule has 1 aliphatic heterocycles. The Labute approximate surface area is 156 Å². The summed E-state index contributed by atoms with van der Waals surface area (Å²) in [5.41, 5.74) is 1.14. The lowest BCUT2D eigenvalue weighted by Gasteiger charge is -2.22. The molecule has 1 aliphatic rings. The first-order valence-electron chi connectivity index (χ1n) is 8.05. The van der Waals surface area contributed by atoms with Gasteiger partial charge >= 0.3 is 0 Å². The van der Waals surface area contributed by atoms with Gasteiger partial charge in [-0.05, 0) is 32.0 Å². The van der Waals surface area contributed by atoms with E-state index in [4.69, 9.17) is 0 Å². The number of benzene rings is 1. The van der Waals surface area contributed by atoms with E-state index >= 15 is 0 Å². The summed E-state index contributed by atoms with van der Waals surface area (Å²) in [4.78, 5) is 6.66. The molecular formula is C17H29IN4O. The van der Waals surface area contributed by atoms with Crippen molar-refractivity contribution in [1.29, 1.82) is 0 Å². The van der Waals surface area contributed by atoms with Crippen molar-refractivity contribution in [2.75, 3.05) is 40.3 Å². The van der Waals surface area contributed by atoms with Crippen molar-refractivity contribution in [3.63, 3.8) is 0 Å². The van der Waals surface area contributed by atoms with Crippen LogP contribution in [-0.4, -0.2) is 62.3 Å². The van der Waals surface area contributed by atoms with Crippen molar-refractivity contribution in [1.82, 2.24) is 15.5 Å². The van der Waals surface area contributed by atoms with E-state index in [0.29, 0.717) is 12.6 Å². The fourth-order valence-corrected chi connectivity index (χ4v) is 2.91. The van der Waals surface area contributed by atoms with Crippen molar-refractivity contribution in [3.05, 3.63) is 35.9 Å². The maximum absolute atomic E-state index is 9.60. The quantitative estimate of drug-likeness (QED) is 0.364. The van der Waals surface area contributed by atoms with E-state index in [-0.39, 0.29) is 36.5 Å². The van der Waals surface area contributed by atoms with E-state index in [1.54, 1.807) is 7.05 Å². The number of aliphatic hydroxyl groups excluding tert-OH is 1. The molecule has 0 aliphatic carbocycles. The molecule has 0 amide bonds. The van der Waals surface area contributed by atoms with E-state index in [2.05, 4.69) is 27.6 Å². The minimum absolute atomic E-state index is 0. The van der Waals surface area contributed by atoms with E-state index in [1.165, 1.54) is 19.4 Å². The summed E-state index contributed by atoms with van der Waals surface area (Å²) in [7, 11) is 3.96. The molecule has 2 atom stereocenters. The average molecular weight is 432 g/mol. The number of hydrogen-bond acceptors (Lipinski definition) is 3. The fourth-order valence-electron chi connectivity index (χ4n) is 2.91. The zero-order valence-corrected chi connectivity index (χ0v) is 16.4. The Hall–Kier alpha value is -0.860. The van der Waals surface area contributed by atoms with Gasteiger partial charge in [0.2, 0.25) is 0 Å². The summed E-state index contributed by atoms with van der Waals surface area (Å²) in [6.45, 7) is 2.88. The minimum Gasteiger partial charge on any atom is -0.396 e. The van der Waals surface area contributed by atoms with Crippen LogP contribution in [0.15, 0.2) is 35.3 Å². The van der Waals surface area contributed by atoms with Crippen LogP contribution < -0.4 is 10.6 Å². The van der Waals surface area contributed by atoms with E-state index in [0.717, 1.165) is 18.1 Å². The van der Waals surface area contributed by atoms with Crippen LogP contribution in [0, 0.1) is 0 Å². The van der Waals surface area contributed by atoms with Crippen molar-refractivity contribution in [2.45, 2.75) is 24.8 Å². The molecule has 1 heterocycles. The lowest BCUT2D eigenvalue weighted by Crippen LogP contribution is -2.45. The molecule has 0 saturated carbocycles. The van der Waals surface area contributed by atoms with Crippen molar-refractivity contribution >= 4 is 29.9 Å². The van der Waals surface area contributed by atoms with Gasteiger partial charge in [0, 0.05) is 32.1 Å². The Morgan fingerprint density at radius 1 is 1.35 bits per heavy atom. The molecule has 1 saturated heterocycles. The molecule has 130 valence electrons. The molecule has 0 spiro atoms. The summed E-state index contributed by atoms with van der Waals surface area (Å²) < 4.78 is 0. The number of likely N-dealkylation sites (tertiary alicyclic amines) is 1. The minimum atomic E-state index is 0. The van der Waals surface area contributed by atoms with E-state index in [1.807, 2.05) is 30.3 Å². The van der Waals surface area contributed by atoms with Crippen LogP contribution in [0.4, 0.5) is 0 Å². The first-order valence-corrected chi connectivity index (χ1v) is 8.05. The summed E-state index contributed by atoms with van der Waals surface area (Å²) in [5.74, 6) is 0.878. The van der Waals surface area contributed by atoms with Crippen LogP contribution in [0.1, 0.15) is 24.3 Å². The first-order chi connectivity index (χ1) is 10.7. The first kappa shape index (κ1) is 20.2.